The lowest BCUT2D eigenvalue weighted by Gasteiger charge is -2.14. The third kappa shape index (κ3) is 2.97. The molecule has 5 heteroatoms. The zero-order valence-corrected chi connectivity index (χ0v) is 13.9. The summed E-state index contributed by atoms with van der Waals surface area (Å²) in [5.41, 5.74) is 2.37. The second-order valence-corrected chi connectivity index (χ2v) is 6.15. The number of para-hydroxylation sites is 1. The molecule has 3 aromatic rings. The standard InChI is InChI=1S/C16H12ClIN2O/c17-13-10-11(6-7-14(13)18)16(21)15-8-9-19-20(15)12-4-2-1-3-5-12/h1-10,16,21H. The lowest BCUT2D eigenvalue weighted by molar-refractivity contribution is 0.212. The van der Waals surface area contributed by atoms with Gasteiger partial charge in [0, 0.05) is 9.77 Å². The van der Waals surface area contributed by atoms with Crippen LogP contribution in [0.1, 0.15) is 17.4 Å². The molecule has 1 aromatic heterocycles. The fourth-order valence-electron chi connectivity index (χ4n) is 2.16. The van der Waals surface area contributed by atoms with Crippen molar-refractivity contribution in [1.82, 2.24) is 9.78 Å². The first kappa shape index (κ1) is 14.6. The molecule has 0 aliphatic carbocycles. The summed E-state index contributed by atoms with van der Waals surface area (Å²) in [6, 6.07) is 17.1. The summed E-state index contributed by atoms with van der Waals surface area (Å²) >= 11 is 8.30. The molecule has 0 bridgehead atoms. The molecule has 0 spiro atoms. The van der Waals surface area contributed by atoms with Gasteiger partial charge >= 0.3 is 0 Å². The number of rotatable bonds is 3. The first-order valence-electron chi connectivity index (χ1n) is 6.39. The van der Waals surface area contributed by atoms with Gasteiger partial charge in [-0.15, -0.1) is 0 Å². The molecule has 3 nitrogen and oxygen atoms in total. The van der Waals surface area contributed by atoms with Crippen LogP contribution in [0.5, 0.6) is 0 Å². The van der Waals surface area contributed by atoms with Crippen molar-refractivity contribution in [3.05, 3.63) is 80.6 Å². The van der Waals surface area contributed by atoms with Crippen molar-refractivity contribution in [2.45, 2.75) is 6.10 Å². The third-order valence-corrected chi connectivity index (χ3v) is 4.78. The quantitative estimate of drug-likeness (QED) is 0.657. The molecule has 1 N–H and O–H groups in total. The van der Waals surface area contributed by atoms with Crippen molar-refractivity contribution >= 4 is 34.2 Å². The maximum Gasteiger partial charge on any atom is 0.121 e. The molecule has 0 saturated heterocycles. The highest BCUT2D eigenvalue weighted by Crippen LogP contribution is 2.28. The highest BCUT2D eigenvalue weighted by atomic mass is 127. The lowest BCUT2D eigenvalue weighted by Crippen LogP contribution is -2.08. The average Bonchev–Trinajstić information content (AvgIpc) is 2.99. The molecular formula is C16H12ClIN2O. The molecular weight excluding hydrogens is 399 g/mol. The van der Waals surface area contributed by atoms with E-state index in [1.807, 2.05) is 48.5 Å². The Balaban J connectivity index is 2.01. The van der Waals surface area contributed by atoms with E-state index < -0.39 is 6.10 Å². The Kier molecular flexibility index (Phi) is 4.28. The van der Waals surface area contributed by atoms with Gasteiger partial charge < -0.3 is 5.11 Å². The molecule has 0 aliphatic heterocycles. The molecule has 0 radical (unpaired) electrons. The van der Waals surface area contributed by atoms with E-state index in [0.717, 1.165) is 14.8 Å². The number of hydrogen-bond acceptors (Lipinski definition) is 2. The number of hydrogen-bond donors (Lipinski definition) is 1. The third-order valence-electron chi connectivity index (χ3n) is 3.21. The lowest BCUT2D eigenvalue weighted by atomic mass is 10.1. The number of aliphatic hydroxyl groups is 1. The van der Waals surface area contributed by atoms with Crippen LogP contribution in [0, 0.1) is 3.57 Å². The number of benzene rings is 2. The smallest absolute Gasteiger partial charge is 0.121 e. The Morgan fingerprint density at radius 1 is 1.10 bits per heavy atom. The van der Waals surface area contributed by atoms with Crippen molar-refractivity contribution in [3.63, 3.8) is 0 Å². The monoisotopic (exact) mass is 410 g/mol. The summed E-state index contributed by atoms with van der Waals surface area (Å²) in [7, 11) is 0. The topological polar surface area (TPSA) is 38.1 Å². The van der Waals surface area contributed by atoms with E-state index in [4.69, 9.17) is 11.6 Å². The summed E-state index contributed by atoms with van der Waals surface area (Å²) in [6.07, 6.45) is 0.905. The second-order valence-electron chi connectivity index (χ2n) is 4.58. The Hall–Kier alpha value is -1.37. The van der Waals surface area contributed by atoms with Crippen molar-refractivity contribution < 1.29 is 5.11 Å². The van der Waals surface area contributed by atoms with Gasteiger partial charge in [-0.25, -0.2) is 4.68 Å². The largest absolute Gasteiger partial charge is 0.382 e. The Morgan fingerprint density at radius 3 is 2.57 bits per heavy atom. The normalized spacial score (nSPS) is 12.3. The first-order chi connectivity index (χ1) is 10.2. The maximum absolute atomic E-state index is 10.6. The summed E-state index contributed by atoms with van der Waals surface area (Å²) in [5.74, 6) is 0. The molecule has 1 atom stereocenters. The molecule has 0 fully saturated rings. The fourth-order valence-corrected chi connectivity index (χ4v) is 2.68. The van der Waals surface area contributed by atoms with Crippen molar-refractivity contribution in [2.75, 3.05) is 0 Å². The zero-order chi connectivity index (χ0) is 14.8. The molecule has 21 heavy (non-hydrogen) atoms. The van der Waals surface area contributed by atoms with Crippen molar-refractivity contribution in [1.29, 1.82) is 0 Å². The van der Waals surface area contributed by atoms with Crippen LogP contribution in [-0.2, 0) is 0 Å². The van der Waals surface area contributed by atoms with E-state index in [1.54, 1.807) is 16.9 Å². The molecule has 0 saturated carbocycles. The summed E-state index contributed by atoms with van der Waals surface area (Å²) in [4.78, 5) is 0. The molecule has 1 heterocycles. The minimum absolute atomic E-state index is 0.637. The Labute approximate surface area is 141 Å². The Morgan fingerprint density at radius 2 is 1.86 bits per heavy atom. The molecule has 1 unspecified atom stereocenters. The van der Waals surface area contributed by atoms with Crippen LogP contribution in [0.4, 0.5) is 0 Å². The van der Waals surface area contributed by atoms with E-state index in [-0.39, 0.29) is 0 Å². The highest BCUT2D eigenvalue weighted by molar-refractivity contribution is 14.1. The molecule has 0 amide bonds. The van der Waals surface area contributed by atoms with Gasteiger partial charge in [0.1, 0.15) is 6.10 Å². The van der Waals surface area contributed by atoms with Gasteiger partial charge in [0.15, 0.2) is 0 Å². The van der Waals surface area contributed by atoms with Crippen LogP contribution in [0.2, 0.25) is 5.02 Å². The van der Waals surface area contributed by atoms with Crippen molar-refractivity contribution in [3.8, 4) is 5.69 Å². The molecule has 106 valence electrons. The SMILES string of the molecule is OC(c1ccc(I)c(Cl)c1)c1ccnn1-c1ccccc1. The van der Waals surface area contributed by atoms with Gasteiger partial charge in [-0.1, -0.05) is 35.9 Å². The molecule has 2 aromatic carbocycles. The number of nitrogens with zero attached hydrogens (tertiary/aromatic N) is 2. The van der Waals surface area contributed by atoms with Gasteiger partial charge in [-0.05, 0) is 58.5 Å². The van der Waals surface area contributed by atoms with Gasteiger partial charge in [-0.3, -0.25) is 0 Å². The predicted molar refractivity (Wildman–Crippen MR) is 91.8 cm³/mol. The highest BCUT2D eigenvalue weighted by Gasteiger charge is 2.17. The number of aliphatic hydroxyl groups excluding tert-OH is 1. The summed E-state index contributed by atoms with van der Waals surface area (Å²) in [5, 5.41) is 15.5. The number of halogens is 2. The summed E-state index contributed by atoms with van der Waals surface area (Å²) < 4.78 is 2.69. The fraction of sp³-hybridized carbons (Fsp3) is 0.0625. The van der Waals surface area contributed by atoms with Crippen LogP contribution in [0.25, 0.3) is 5.69 Å². The van der Waals surface area contributed by atoms with Gasteiger partial charge in [0.05, 0.1) is 16.4 Å². The van der Waals surface area contributed by atoms with Crippen LogP contribution >= 0.6 is 34.2 Å². The van der Waals surface area contributed by atoms with Crippen LogP contribution in [0.15, 0.2) is 60.8 Å². The van der Waals surface area contributed by atoms with Crippen LogP contribution in [0.3, 0.4) is 0 Å². The summed E-state index contributed by atoms with van der Waals surface area (Å²) in [6.45, 7) is 0. The van der Waals surface area contributed by atoms with E-state index >= 15 is 0 Å². The average molecular weight is 411 g/mol. The van der Waals surface area contributed by atoms with Gasteiger partial charge in [-0.2, -0.15) is 5.10 Å². The van der Waals surface area contributed by atoms with Crippen LogP contribution < -0.4 is 0 Å². The van der Waals surface area contributed by atoms with E-state index in [0.29, 0.717) is 10.7 Å². The first-order valence-corrected chi connectivity index (χ1v) is 7.85. The van der Waals surface area contributed by atoms with Crippen molar-refractivity contribution in [2.24, 2.45) is 0 Å². The van der Waals surface area contributed by atoms with Crippen LogP contribution in [-0.4, -0.2) is 14.9 Å². The second kappa shape index (κ2) is 6.17. The van der Waals surface area contributed by atoms with E-state index in [9.17, 15) is 5.11 Å². The van der Waals surface area contributed by atoms with E-state index in [2.05, 4.69) is 27.7 Å². The molecule has 0 aliphatic rings. The number of aromatic nitrogens is 2. The Bertz CT molecular complexity index is 758. The maximum atomic E-state index is 10.6. The zero-order valence-electron chi connectivity index (χ0n) is 10.9. The minimum Gasteiger partial charge on any atom is -0.382 e. The molecule has 3 rings (SSSR count). The predicted octanol–water partition coefficient (Wildman–Crippen LogP) is 4.21. The minimum atomic E-state index is -0.776. The van der Waals surface area contributed by atoms with Gasteiger partial charge in [0.25, 0.3) is 0 Å². The van der Waals surface area contributed by atoms with Gasteiger partial charge in [0.2, 0.25) is 0 Å². The van der Waals surface area contributed by atoms with E-state index in [1.165, 1.54) is 0 Å².